The van der Waals surface area contributed by atoms with E-state index in [1.54, 1.807) is 0 Å². The van der Waals surface area contributed by atoms with Gasteiger partial charge in [-0.25, -0.2) is 0 Å². The molecule has 2 aromatic carbocycles. The van der Waals surface area contributed by atoms with Crippen molar-refractivity contribution < 1.29 is 63.4 Å². The lowest BCUT2D eigenvalue weighted by molar-refractivity contribution is -0.274. The minimum atomic E-state index is -5.12. The number of aromatic nitrogens is 1. The summed E-state index contributed by atoms with van der Waals surface area (Å²) in [6.07, 6.45) is -14.2. The summed E-state index contributed by atoms with van der Waals surface area (Å²) >= 11 is 0. The number of aryl methyl sites for hydroxylation is 1. The molecule has 1 atom stereocenters. The third-order valence-electron chi connectivity index (χ3n) is 7.30. The average molecular weight is 707 g/mol. The molecule has 3 heterocycles. The number of halogens is 9. The average Bonchev–Trinajstić information content (AvgIpc) is 3.12. The van der Waals surface area contributed by atoms with Crippen molar-refractivity contribution >= 4 is 23.4 Å². The smallest absolute Gasteiger partial charge is 0.483 e. The van der Waals surface area contributed by atoms with Gasteiger partial charge in [0.05, 0.1) is 40.8 Å². The Morgan fingerprint density at radius 1 is 0.918 bits per heavy atom. The van der Waals surface area contributed by atoms with Gasteiger partial charge in [-0.1, -0.05) is 13.8 Å². The molecular weight excluding hydrogens is 679 g/mol. The Morgan fingerprint density at radius 3 is 2.12 bits per heavy atom. The van der Waals surface area contributed by atoms with Gasteiger partial charge >= 0.3 is 18.7 Å². The van der Waals surface area contributed by atoms with E-state index in [-0.39, 0.29) is 54.0 Å². The molecule has 1 unspecified atom stereocenters. The summed E-state index contributed by atoms with van der Waals surface area (Å²) in [5.41, 5.74) is -4.26. The zero-order chi connectivity index (χ0) is 36.5. The van der Waals surface area contributed by atoms with Crippen molar-refractivity contribution in [3.8, 4) is 22.8 Å². The van der Waals surface area contributed by atoms with E-state index in [4.69, 9.17) is 4.74 Å². The zero-order valence-electron chi connectivity index (χ0n) is 25.8. The Bertz CT molecular complexity index is 1710. The van der Waals surface area contributed by atoms with Gasteiger partial charge in [-0.05, 0) is 55.0 Å². The lowest BCUT2D eigenvalue weighted by atomic mass is 10.0. The van der Waals surface area contributed by atoms with Crippen molar-refractivity contribution in [1.82, 2.24) is 14.8 Å². The normalized spacial score (nSPS) is 16.4. The second-order valence-electron chi connectivity index (χ2n) is 10.5. The Hall–Kier alpha value is -5.03. The second kappa shape index (κ2) is 13.8. The van der Waals surface area contributed by atoms with Crippen molar-refractivity contribution in [2.75, 3.05) is 31.6 Å². The lowest BCUT2D eigenvalue weighted by Crippen LogP contribution is -2.60. The van der Waals surface area contributed by atoms with Crippen LogP contribution in [0.5, 0.6) is 11.5 Å². The van der Waals surface area contributed by atoms with E-state index in [9.17, 15) is 53.9 Å². The van der Waals surface area contributed by atoms with Gasteiger partial charge in [0, 0.05) is 18.7 Å². The molecule has 0 spiro atoms. The van der Waals surface area contributed by atoms with Crippen molar-refractivity contribution in [2.24, 2.45) is 0 Å². The molecule has 0 saturated carbocycles. The molecule has 1 fully saturated rings. The number of carbonyl (C=O) groups is 3. The summed E-state index contributed by atoms with van der Waals surface area (Å²) in [6.45, 7) is 4.32. The fraction of sp³-hybridized carbons (Fsp3) is 0.355. The van der Waals surface area contributed by atoms with Gasteiger partial charge in [0.25, 0.3) is 11.8 Å². The number of piperazine rings is 1. The molecule has 18 heteroatoms. The Balaban J connectivity index is 0.00000265. The first-order valence-corrected chi connectivity index (χ1v) is 14.5. The van der Waals surface area contributed by atoms with Gasteiger partial charge in [-0.15, -0.1) is 13.2 Å². The van der Waals surface area contributed by atoms with E-state index in [1.165, 1.54) is 17.9 Å². The largest absolute Gasteiger partial charge is 0.573 e. The number of amides is 3. The van der Waals surface area contributed by atoms with Crippen molar-refractivity contribution in [2.45, 2.75) is 45.5 Å². The number of fused-ring (bicyclic) bond motifs is 2. The molecule has 0 radical (unpaired) electrons. The highest BCUT2D eigenvalue weighted by atomic mass is 19.4. The number of ether oxygens (including phenoxy) is 2. The second-order valence-corrected chi connectivity index (χ2v) is 10.5. The van der Waals surface area contributed by atoms with Crippen LogP contribution in [0, 0.1) is 6.92 Å². The van der Waals surface area contributed by atoms with Gasteiger partial charge in [0.1, 0.15) is 17.5 Å². The fourth-order valence-electron chi connectivity index (χ4n) is 5.05. The third kappa shape index (κ3) is 8.53. The number of carbonyl (C=O) groups excluding carboxylic acids is 3. The summed E-state index contributed by atoms with van der Waals surface area (Å²) in [6, 6.07) is 3.88. The van der Waals surface area contributed by atoms with Crippen molar-refractivity contribution in [3.63, 3.8) is 0 Å². The molecular formula is C31H27F9N4O5. The maximum atomic E-state index is 13.5. The number of pyridine rings is 1. The van der Waals surface area contributed by atoms with E-state index in [0.29, 0.717) is 12.1 Å². The first-order chi connectivity index (χ1) is 22.8. The molecule has 49 heavy (non-hydrogen) atoms. The minimum Gasteiger partial charge on any atom is -0.483 e. The van der Waals surface area contributed by atoms with Crippen LogP contribution in [-0.2, 0) is 21.9 Å². The molecule has 1 saturated heterocycles. The van der Waals surface area contributed by atoms with Crippen LogP contribution < -0.4 is 14.8 Å². The van der Waals surface area contributed by atoms with Gasteiger partial charge < -0.3 is 24.6 Å². The number of benzene rings is 2. The standard InChI is InChI=1S/C29H21F9N4O5.C2H6/c1-14-6-18(47-29(36,37)38)2-3-23(14)46-13-24(43)41-4-5-42-22(12-41)25(44)40-21-11-39-20(10-19(21)26(42)45)15-7-16(27(30,31)32)9-17(8-15)28(33,34)35;1-2/h2-3,6-11,22H,4-5,12-13H2,1H3,(H,40,44);1-2H3. The number of hydrogen-bond acceptors (Lipinski definition) is 6. The van der Waals surface area contributed by atoms with Gasteiger partial charge in [0.15, 0.2) is 6.61 Å². The predicted molar refractivity (Wildman–Crippen MR) is 154 cm³/mol. The zero-order valence-corrected chi connectivity index (χ0v) is 25.8. The summed E-state index contributed by atoms with van der Waals surface area (Å²) in [7, 11) is 0. The number of alkyl halides is 9. The van der Waals surface area contributed by atoms with Crippen LogP contribution in [0.15, 0.2) is 48.7 Å². The number of nitrogens with one attached hydrogen (secondary N) is 1. The first-order valence-electron chi connectivity index (χ1n) is 14.5. The van der Waals surface area contributed by atoms with Gasteiger partial charge in [-0.3, -0.25) is 19.4 Å². The van der Waals surface area contributed by atoms with E-state index in [1.807, 2.05) is 13.8 Å². The van der Waals surface area contributed by atoms with Gasteiger partial charge in [-0.2, -0.15) is 26.3 Å². The topological polar surface area (TPSA) is 101 Å². The van der Waals surface area contributed by atoms with Crippen LogP contribution in [-0.4, -0.2) is 71.2 Å². The molecule has 5 rings (SSSR count). The van der Waals surface area contributed by atoms with Crippen LogP contribution in [0.1, 0.15) is 40.9 Å². The number of rotatable bonds is 5. The third-order valence-corrected chi connectivity index (χ3v) is 7.30. The van der Waals surface area contributed by atoms with Crippen LogP contribution in [0.2, 0.25) is 0 Å². The molecule has 3 aromatic rings. The minimum absolute atomic E-state index is 0.0425. The molecule has 2 aliphatic rings. The van der Waals surface area contributed by atoms with E-state index in [2.05, 4.69) is 15.0 Å². The van der Waals surface area contributed by atoms with Crippen LogP contribution >= 0.6 is 0 Å². The van der Waals surface area contributed by atoms with Crippen LogP contribution in [0.3, 0.4) is 0 Å². The highest BCUT2D eigenvalue weighted by Crippen LogP contribution is 2.39. The Labute approximate surface area is 272 Å². The first kappa shape index (κ1) is 36.8. The maximum Gasteiger partial charge on any atom is 0.573 e. The highest BCUT2D eigenvalue weighted by molar-refractivity contribution is 6.10. The summed E-state index contributed by atoms with van der Waals surface area (Å²) < 4.78 is 127. The molecule has 2 aliphatic heterocycles. The fourth-order valence-corrected chi connectivity index (χ4v) is 5.05. The highest BCUT2D eigenvalue weighted by Gasteiger charge is 2.41. The number of hydrogen-bond donors (Lipinski definition) is 1. The molecule has 0 aliphatic carbocycles. The lowest BCUT2D eigenvalue weighted by Gasteiger charge is -2.39. The van der Waals surface area contributed by atoms with E-state index in [0.717, 1.165) is 29.3 Å². The Morgan fingerprint density at radius 2 is 1.55 bits per heavy atom. The molecule has 9 nitrogen and oxygen atoms in total. The molecule has 1 N–H and O–H groups in total. The summed E-state index contributed by atoms with van der Waals surface area (Å²) in [5, 5.41) is 2.46. The maximum absolute atomic E-state index is 13.5. The van der Waals surface area contributed by atoms with Crippen LogP contribution in [0.4, 0.5) is 45.2 Å². The van der Waals surface area contributed by atoms with Crippen LogP contribution in [0.25, 0.3) is 11.3 Å². The van der Waals surface area contributed by atoms with E-state index < -0.39 is 71.5 Å². The van der Waals surface area contributed by atoms with E-state index >= 15 is 0 Å². The number of anilines is 1. The Kier molecular flexibility index (Phi) is 10.4. The quantitative estimate of drug-likeness (QED) is 0.297. The SMILES string of the molecule is CC.Cc1cc(OC(F)(F)F)ccc1OCC(=O)N1CCN2C(=O)c3cc(-c4cc(C(F)(F)F)cc(C(F)(F)F)c4)ncc3NC(=O)C2C1. The van der Waals surface area contributed by atoms with Crippen molar-refractivity contribution in [3.05, 3.63) is 70.9 Å². The molecule has 264 valence electrons. The molecule has 0 bridgehead atoms. The monoisotopic (exact) mass is 706 g/mol. The predicted octanol–water partition coefficient (Wildman–Crippen LogP) is 6.70. The van der Waals surface area contributed by atoms with Gasteiger partial charge in [0.2, 0.25) is 5.91 Å². The summed E-state index contributed by atoms with van der Waals surface area (Å²) in [4.78, 5) is 45.8. The molecule has 3 amide bonds. The summed E-state index contributed by atoms with van der Waals surface area (Å²) in [5.74, 6) is -2.53. The van der Waals surface area contributed by atoms with Crippen molar-refractivity contribution in [1.29, 1.82) is 0 Å². The molecule has 1 aromatic heterocycles. The number of nitrogens with zero attached hydrogens (tertiary/aromatic N) is 3.